The second-order valence-corrected chi connectivity index (χ2v) is 9.51. The Labute approximate surface area is 176 Å². The Balaban J connectivity index is 1.52. The van der Waals surface area contributed by atoms with Crippen LogP contribution < -0.4 is 5.32 Å². The van der Waals surface area contributed by atoms with E-state index in [1.165, 1.54) is 18.4 Å². The first kappa shape index (κ1) is 19.2. The molecule has 7 nitrogen and oxygen atoms in total. The molecule has 3 aliphatic rings. The third-order valence-corrected chi connectivity index (χ3v) is 6.03. The Bertz CT molecular complexity index is 999. The maximum Gasteiger partial charge on any atom is 0.410 e. The number of aromatic nitrogens is 2. The molecule has 1 aromatic carbocycles. The van der Waals surface area contributed by atoms with Crippen LogP contribution in [0.15, 0.2) is 24.3 Å². The number of nitrogens with zero attached hydrogens (tertiary/aromatic N) is 3. The molecule has 2 aliphatic heterocycles. The lowest BCUT2D eigenvalue weighted by atomic mass is 9.96. The van der Waals surface area contributed by atoms with Gasteiger partial charge in [-0.05, 0) is 57.2 Å². The van der Waals surface area contributed by atoms with Crippen molar-refractivity contribution in [2.24, 2.45) is 0 Å². The van der Waals surface area contributed by atoms with Crippen molar-refractivity contribution < 1.29 is 14.3 Å². The van der Waals surface area contributed by atoms with Crippen molar-refractivity contribution in [2.45, 2.75) is 64.0 Å². The summed E-state index contributed by atoms with van der Waals surface area (Å²) in [7, 11) is 0. The number of nitrogens with one attached hydrogen (secondary N) is 1. The summed E-state index contributed by atoms with van der Waals surface area (Å²) in [6, 6.07) is 8.35. The summed E-state index contributed by atoms with van der Waals surface area (Å²) in [5.41, 5.74) is 4.66. The molecule has 0 spiro atoms. The van der Waals surface area contributed by atoms with E-state index in [0.717, 1.165) is 22.6 Å². The van der Waals surface area contributed by atoms with E-state index in [9.17, 15) is 9.59 Å². The Morgan fingerprint density at radius 2 is 1.93 bits per heavy atom. The van der Waals surface area contributed by atoms with Crippen LogP contribution in [0.3, 0.4) is 0 Å². The van der Waals surface area contributed by atoms with Gasteiger partial charge < -0.3 is 10.1 Å². The van der Waals surface area contributed by atoms with Gasteiger partial charge in [-0.15, -0.1) is 0 Å². The normalized spacial score (nSPS) is 21.0. The van der Waals surface area contributed by atoms with Gasteiger partial charge >= 0.3 is 6.09 Å². The second kappa shape index (κ2) is 6.86. The van der Waals surface area contributed by atoms with Crippen LogP contribution in [0.1, 0.15) is 68.1 Å². The average molecular weight is 409 g/mol. The highest BCUT2D eigenvalue weighted by molar-refractivity contribution is 5.80. The molecule has 0 bridgehead atoms. The predicted octanol–water partition coefficient (Wildman–Crippen LogP) is 3.26. The molecule has 3 heterocycles. The molecule has 0 radical (unpaired) electrons. The smallest absolute Gasteiger partial charge is 0.410 e. The SMILES string of the molecule is CC(C)(C)OC(=O)N1CCc2c3c(nn2-c2ccc(C4CC4)cc2)CC(=O)NC[C@@H]31. The zero-order valence-corrected chi connectivity index (χ0v) is 17.8. The summed E-state index contributed by atoms with van der Waals surface area (Å²) in [5.74, 6) is 0.646. The van der Waals surface area contributed by atoms with Gasteiger partial charge in [0.15, 0.2) is 0 Å². The van der Waals surface area contributed by atoms with Gasteiger partial charge in [-0.3, -0.25) is 9.69 Å². The maximum atomic E-state index is 12.9. The van der Waals surface area contributed by atoms with E-state index in [-0.39, 0.29) is 24.5 Å². The molecule has 1 saturated carbocycles. The lowest BCUT2D eigenvalue weighted by molar-refractivity contribution is -0.120. The van der Waals surface area contributed by atoms with Gasteiger partial charge in [-0.1, -0.05) is 12.1 Å². The topological polar surface area (TPSA) is 76.5 Å². The number of amides is 2. The summed E-state index contributed by atoms with van der Waals surface area (Å²) in [6.45, 7) is 6.51. The predicted molar refractivity (Wildman–Crippen MR) is 112 cm³/mol. The van der Waals surface area contributed by atoms with Gasteiger partial charge in [0.25, 0.3) is 0 Å². The first-order valence-electron chi connectivity index (χ1n) is 10.8. The minimum Gasteiger partial charge on any atom is -0.444 e. The van der Waals surface area contributed by atoms with Gasteiger partial charge in [0.05, 0.1) is 29.5 Å². The Kier molecular flexibility index (Phi) is 4.38. The summed E-state index contributed by atoms with van der Waals surface area (Å²) in [4.78, 5) is 26.9. The van der Waals surface area contributed by atoms with Crippen LogP contribution in [0.2, 0.25) is 0 Å². The number of hydrogen-bond acceptors (Lipinski definition) is 4. The van der Waals surface area contributed by atoms with Crippen molar-refractivity contribution in [2.75, 3.05) is 13.1 Å². The van der Waals surface area contributed by atoms with E-state index in [1.807, 2.05) is 25.5 Å². The number of benzene rings is 1. The highest BCUT2D eigenvalue weighted by atomic mass is 16.6. The molecule has 1 fully saturated rings. The van der Waals surface area contributed by atoms with E-state index in [4.69, 9.17) is 9.84 Å². The molecule has 1 aliphatic carbocycles. The minimum absolute atomic E-state index is 0.0647. The number of carbonyl (C=O) groups is 2. The zero-order valence-electron chi connectivity index (χ0n) is 17.8. The summed E-state index contributed by atoms with van der Waals surface area (Å²) in [5, 5.41) is 7.76. The fourth-order valence-electron chi connectivity index (χ4n) is 4.50. The quantitative estimate of drug-likeness (QED) is 0.828. The van der Waals surface area contributed by atoms with Gasteiger partial charge in [-0.2, -0.15) is 5.10 Å². The number of ether oxygens (including phenoxy) is 1. The first-order chi connectivity index (χ1) is 14.3. The van der Waals surface area contributed by atoms with Crippen molar-refractivity contribution in [3.8, 4) is 5.69 Å². The Hall–Kier alpha value is -2.83. The summed E-state index contributed by atoms with van der Waals surface area (Å²) in [6.07, 6.45) is 3.11. The van der Waals surface area contributed by atoms with E-state index in [2.05, 4.69) is 29.6 Å². The highest BCUT2D eigenvalue weighted by Crippen LogP contribution is 2.40. The van der Waals surface area contributed by atoms with Crippen molar-refractivity contribution in [3.63, 3.8) is 0 Å². The standard InChI is InChI=1S/C23H28N4O3/c1-23(2,3)30-22(29)26-11-10-18-21-17(12-20(28)24-13-19(21)26)25-27(18)16-8-6-15(7-9-16)14-4-5-14/h6-9,14,19H,4-5,10-13H2,1-3H3,(H,24,28)/t19-/m0/s1. The fourth-order valence-corrected chi connectivity index (χ4v) is 4.50. The molecule has 1 atom stereocenters. The number of rotatable bonds is 2. The zero-order chi connectivity index (χ0) is 21.0. The van der Waals surface area contributed by atoms with Crippen LogP contribution in [-0.4, -0.2) is 45.4 Å². The van der Waals surface area contributed by atoms with Gasteiger partial charge in [0, 0.05) is 25.1 Å². The number of hydrogen-bond donors (Lipinski definition) is 1. The average Bonchev–Trinajstić information content (AvgIpc) is 3.49. The molecule has 0 unspecified atom stereocenters. The monoisotopic (exact) mass is 408 g/mol. The third kappa shape index (κ3) is 3.46. The third-order valence-electron chi connectivity index (χ3n) is 6.03. The molecule has 158 valence electrons. The van der Waals surface area contributed by atoms with Crippen molar-refractivity contribution >= 4 is 12.0 Å². The second-order valence-electron chi connectivity index (χ2n) is 9.51. The van der Waals surface area contributed by atoms with Gasteiger partial charge in [0.2, 0.25) is 5.91 Å². The van der Waals surface area contributed by atoms with Crippen LogP contribution in [0.25, 0.3) is 5.69 Å². The Morgan fingerprint density at radius 3 is 2.60 bits per heavy atom. The summed E-state index contributed by atoms with van der Waals surface area (Å²) < 4.78 is 7.61. The first-order valence-corrected chi connectivity index (χ1v) is 10.8. The molecule has 2 aromatic rings. The van der Waals surface area contributed by atoms with E-state index in [1.54, 1.807) is 4.90 Å². The molecule has 30 heavy (non-hydrogen) atoms. The van der Waals surface area contributed by atoms with Crippen LogP contribution in [0, 0.1) is 0 Å². The molecular weight excluding hydrogens is 380 g/mol. The largest absolute Gasteiger partial charge is 0.444 e. The molecule has 2 amide bonds. The fraction of sp³-hybridized carbons (Fsp3) is 0.522. The number of carbonyl (C=O) groups excluding carboxylic acids is 2. The minimum atomic E-state index is -0.568. The summed E-state index contributed by atoms with van der Waals surface area (Å²) >= 11 is 0. The van der Waals surface area contributed by atoms with Crippen LogP contribution in [0.4, 0.5) is 4.79 Å². The molecular formula is C23H28N4O3. The van der Waals surface area contributed by atoms with Crippen molar-refractivity contribution in [1.82, 2.24) is 20.0 Å². The van der Waals surface area contributed by atoms with Crippen molar-refractivity contribution in [3.05, 3.63) is 46.8 Å². The molecule has 1 N–H and O–H groups in total. The molecule has 5 rings (SSSR count). The maximum absolute atomic E-state index is 12.9. The van der Waals surface area contributed by atoms with Gasteiger partial charge in [-0.25, -0.2) is 9.48 Å². The molecule has 1 aromatic heterocycles. The lowest BCUT2D eigenvalue weighted by Gasteiger charge is -2.36. The van der Waals surface area contributed by atoms with Crippen LogP contribution in [-0.2, 0) is 22.4 Å². The molecule has 7 heteroatoms. The van der Waals surface area contributed by atoms with Crippen LogP contribution in [0.5, 0.6) is 0 Å². The van der Waals surface area contributed by atoms with Crippen LogP contribution >= 0.6 is 0 Å². The van der Waals surface area contributed by atoms with E-state index < -0.39 is 5.60 Å². The highest BCUT2D eigenvalue weighted by Gasteiger charge is 2.40. The van der Waals surface area contributed by atoms with Crippen molar-refractivity contribution in [1.29, 1.82) is 0 Å². The molecule has 0 saturated heterocycles. The Morgan fingerprint density at radius 1 is 1.20 bits per heavy atom. The van der Waals surface area contributed by atoms with E-state index >= 15 is 0 Å². The van der Waals surface area contributed by atoms with Gasteiger partial charge in [0.1, 0.15) is 5.60 Å². The lowest BCUT2D eigenvalue weighted by Crippen LogP contribution is -2.46. The van der Waals surface area contributed by atoms with E-state index in [0.29, 0.717) is 25.4 Å².